The van der Waals surface area contributed by atoms with E-state index in [1.807, 2.05) is 0 Å². The monoisotopic (exact) mass is 371 g/mol. The molecule has 0 aliphatic carbocycles. The van der Waals surface area contributed by atoms with Crippen LogP contribution < -0.4 is 0 Å². The smallest absolute Gasteiger partial charge is 0.196 e. The van der Waals surface area contributed by atoms with Crippen LogP contribution in [-0.4, -0.2) is 33.2 Å². The summed E-state index contributed by atoms with van der Waals surface area (Å²) < 4.78 is 8.03. The molecule has 0 spiro atoms. The SMILES string of the molecule is Cc1ccc(-n2c(SCC3CCCCO3)nnc2-c2cccs2)cc1. The number of rotatable bonds is 5. The summed E-state index contributed by atoms with van der Waals surface area (Å²) in [5.74, 6) is 1.83. The van der Waals surface area contributed by atoms with Crippen molar-refractivity contribution in [1.29, 1.82) is 0 Å². The van der Waals surface area contributed by atoms with Crippen LogP contribution in [0.25, 0.3) is 16.4 Å². The molecule has 1 atom stereocenters. The Labute approximate surface area is 156 Å². The molecule has 1 unspecified atom stereocenters. The van der Waals surface area contributed by atoms with E-state index in [2.05, 4.69) is 63.5 Å². The number of benzene rings is 1. The second-order valence-corrected chi connectivity index (χ2v) is 8.19. The summed E-state index contributed by atoms with van der Waals surface area (Å²) in [6, 6.07) is 12.7. The number of thioether (sulfide) groups is 1. The fourth-order valence-corrected chi connectivity index (χ4v) is 4.68. The first kappa shape index (κ1) is 16.8. The number of hydrogen-bond donors (Lipinski definition) is 0. The Bertz CT molecular complexity index is 806. The third kappa shape index (κ3) is 3.81. The first-order chi connectivity index (χ1) is 12.3. The molecule has 4 nitrogen and oxygen atoms in total. The van der Waals surface area contributed by atoms with Gasteiger partial charge in [0.1, 0.15) is 0 Å². The van der Waals surface area contributed by atoms with Gasteiger partial charge in [0.05, 0.1) is 11.0 Å². The maximum Gasteiger partial charge on any atom is 0.196 e. The Morgan fingerprint density at radius 1 is 1.20 bits per heavy atom. The van der Waals surface area contributed by atoms with Crippen LogP contribution in [0.3, 0.4) is 0 Å². The van der Waals surface area contributed by atoms with Gasteiger partial charge in [-0.15, -0.1) is 21.5 Å². The van der Waals surface area contributed by atoms with Crippen LogP contribution in [0.5, 0.6) is 0 Å². The quantitative estimate of drug-likeness (QED) is 0.594. The number of nitrogens with zero attached hydrogens (tertiary/aromatic N) is 3. The van der Waals surface area contributed by atoms with Gasteiger partial charge in [0, 0.05) is 18.0 Å². The summed E-state index contributed by atoms with van der Waals surface area (Å²) in [6.45, 7) is 2.99. The van der Waals surface area contributed by atoms with Crippen molar-refractivity contribution in [3.05, 3.63) is 47.3 Å². The number of aromatic nitrogens is 3. The fraction of sp³-hybridized carbons (Fsp3) is 0.368. The summed E-state index contributed by atoms with van der Waals surface area (Å²) in [6.07, 6.45) is 3.91. The molecule has 0 radical (unpaired) electrons. The molecule has 2 aromatic heterocycles. The summed E-state index contributed by atoms with van der Waals surface area (Å²) in [7, 11) is 0. The Kier molecular flexibility index (Phi) is 5.20. The zero-order valence-electron chi connectivity index (χ0n) is 14.2. The van der Waals surface area contributed by atoms with E-state index in [0.717, 1.165) is 40.3 Å². The predicted octanol–water partition coefficient (Wildman–Crippen LogP) is 4.97. The van der Waals surface area contributed by atoms with Crippen molar-refractivity contribution < 1.29 is 4.74 Å². The van der Waals surface area contributed by atoms with Crippen LogP contribution in [0, 0.1) is 6.92 Å². The van der Waals surface area contributed by atoms with Crippen molar-refractivity contribution in [2.24, 2.45) is 0 Å². The lowest BCUT2D eigenvalue weighted by Gasteiger charge is -2.22. The molecular weight excluding hydrogens is 350 g/mol. The van der Waals surface area contributed by atoms with E-state index in [1.54, 1.807) is 23.1 Å². The van der Waals surface area contributed by atoms with E-state index in [9.17, 15) is 0 Å². The van der Waals surface area contributed by atoms with E-state index in [0.29, 0.717) is 6.10 Å². The minimum atomic E-state index is 0.326. The van der Waals surface area contributed by atoms with Gasteiger partial charge in [-0.2, -0.15) is 0 Å². The number of hydrogen-bond acceptors (Lipinski definition) is 5. The predicted molar refractivity (Wildman–Crippen MR) is 104 cm³/mol. The first-order valence-corrected chi connectivity index (χ1v) is 10.5. The molecule has 0 saturated carbocycles. The van der Waals surface area contributed by atoms with E-state index >= 15 is 0 Å². The molecule has 0 amide bonds. The summed E-state index contributed by atoms with van der Waals surface area (Å²) >= 11 is 3.43. The van der Waals surface area contributed by atoms with Crippen LogP contribution in [-0.2, 0) is 4.74 Å². The molecule has 0 N–H and O–H groups in total. The summed E-state index contributed by atoms with van der Waals surface area (Å²) in [5.41, 5.74) is 2.35. The standard InChI is InChI=1S/C19H21N3OS2/c1-14-7-9-15(10-8-14)22-18(17-6-4-12-24-17)20-21-19(22)25-13-16-5-2-3-11-23-16/h4,6-10,12,16H,2-3,5,11,13H2,1H3. The van der Waals surface area contributed by atoms with Gasteiger partial charge in [-0.25, -0.2) is 0 Å². The van der Waals surface area contributed by atoms with Crippen molar-refractivity contribution in [3.63, 3.8) is 0 Å². The van der Waals surface area contributed by atoms with Gasteiger partial charge in [0.2, 0.25) is 0 Å². The lowest BCUT2D eigenvalue weighted by molar-refractivity contribution is 0.0315. The van der Waals surface area contributed by atoms with Crippen molar-refractivity contribution in [1.82, 2.24) is 14.8 Å². The van der Waals surface area contributed by atoms with Crippen molar-refractivity contribution >= 4 is 23.1 Å². The van der Waals surface area contributed by atoms with Gasteiger partial charge >= 0.3 is 0 Å². The Balaban J connectivity index is 1.65. The zero-order chi connectivity index (χ0) is 17.1. The highest BCUT2D eigenvalue weighted by Gasteiger charge is 2.20. The molecule has 6 heteroatoms. The van der Waals surface area contributed by atoms with Gasteiger partial charge in [0.25, 0.3) is 0 Å². The van der Waals surface area contributed by atoms with Gasteiger partial charge in [-0.1, -0.05) is 35.5 Å². The summed E-state index contributed by atoms with van der Waals surface area (Å²) in [4.78, 5) is 1.13. The molecule has 1 aliphatic heterocycles. The second kappa shape index (κ2) is 7.72. The Hall–Kier alpha value is -1.63. The highest BCUT2D eigenvalue weighted by molar-refractivity contribution is 7.99. The Morgan fingerprint density at radius 2 is 2.08 bits per heavy atom. The zero-order valence-corrected chi connectivity index (χ0v) is 15.9. The molecule has 1 aromatic carbocycles. The normalized spacial score (nSPS) is 17.7. The van der Waals surface area contributed by atoms with Crippen LogP contribution >= 0.6 is 23.1 Å². The second-order valence-electron chi connectivity index (χ2n) is 6.25. The molecule has 1 aliphatic rings. The highest BCUT2D eigenvalue weighted by atomic mass is 32.2. The third-order valence-corrected chi connectivity index (χ3v) is 6.27. The molecule has 3 heterocycles. The molecule has 0 bridgehead atoms. The molecule has 130 valence electrons. The van der Waals surface area contributed by atoms with Gasteiger partial charge < -0.3 is 4.74 Å². The van der Waals surface area contributed by atoms with Crippen molar-refractivity contribution in [3.8, 4) is 16.4 Å². The van der Waals surface area contributed by atoms with Gasteiger partial charge in [-0.3, -0.25) is 4.57 Å². The average Bonchev–Trinajstić information content (AvgIpc) is 3.31. The average molecular weight is 372 g/mol. The topological polar surface area (TPSA) is 39.9 Å². The largest absolute Gasteiger partial charge is 0.377 e. The minimum Gasteiger partial charge on any atom is -0.377 e. The lowest BCUT2D eigenvalue weighted by Crippen LogP contribution is -2.21. The van der Waals surface area contributed by atoms with Crippen LogP contribution in [0.1, 0.15) is 24.8 Å². The Morgan fingerprint density at radius 3 is 2.80 bits per heavy atom. The van der Waals surface area contributed by atoms with Crippen molar-refractivity contribution in [2.75, 3.05) is 12.4 Å². The highest BCUT2D eigenvalue weighted by Crippen LogP contribution is 2.31. The molecule has 4 rings (SSSR count). The van der Waals surface area contributed by atoms with Crippen LogP contribution in [0.4, 0.5) is 0 Å². The first-order valence-electron chi connectivity index (χ1n) is 8.62. The van der Waals surface area contributed by atoms with Gasteiger partial charge in [-0.05, 0) is 49.8 Å². The van der Waals surface area contributed by atoms with E-state index in [4.69, 9.17) is 4.74 Å². The third-order valence-electron chi connectivity index (χ3n) is 4.34. The number of thiophene rings is 1. The van der Waals surface area contributed by atoms with E-state index in [-0.39, 0.29) is 0 Å². The molecular formula is C19H21N3OS2. The van der Waals surface area contributed by atoms with Crippen molar-refractivity contribution in [2.45, 2.75) is 37.4 Å². The summed E-state index contributed by atoms with van der Waals surface area (Å²) in [5, 5.41) is 12.0. The van der Waals surface area contributed by atoms with Crippen LogP contribution in [0.15, 0.2) is 46.9 Å². The molecule has 25 heavy (non-hydrogen) atoms. The van der Waals surface area contributed by atoms with E-state index in [1.165, 1.54) is 18.4 Å². The van der Waals surface area contributed by atoms with Crippen LogP contribution in [0.2, 0.25) is 0 Å². The fourth-order valence-electron chi connectivity index (χ4n) is 2.96. The van der Waals surface area contributed by atoms with Gasteiger partial charge in [0.15, 0.2) is 11.0 Å². The molecule has 1 saturated heterocycles. The number of ether oxygens (including phenoxy) is 1. The lowest BCUT2D eigenvalue weighted by atomic mass is 10.1. The maximum atomic E-state index is 5.86. The molecule has 3 aromatic rings. The number of aryl methyl sites for hydroxylation is 1. The van der Waals surface area contributed by atoms with E-state index < -0.39 is 0 Å². The molecule has 1 fully saturated rings. The maximum absolute atomic E-state index is 5.86. The minimum absolute atomic E-state index is 0.326.